The van der Waals surface area contributed by atoms with E-state index in [9.17, 15) is 0 Å². The van der Waals surface area contributed by atoms with Gasteiger partial charge in [0, 0.05) is 18.3 Å². The standard InChI is InChI=1S/C16H26N2O/c1-4-7-17-10-14-8-15(12(2)3)18-16(9-14)19-11-13-5-6-13/h8-9,12-13,17H,4-7,10-11H2,1-3H3. The van der Waals surface area contributed by atoms with Crippen LogP contribution in [0.1, 0.15) is 57.2 Å². The fourth-order valence-corrected chi connectivity index (χ4v) is 1.95. The number of pyridine rings is 1. The molecule has 1 aliphatic rings. The Labute approximate surface area is 116 Å². The molecule has 1 fully saturated rings. The molecule has 106 valence electrons. The van der Waals surface area contributed by atoms with Gasteiger partial charge in [0.15, 0.2) is 0 Å². The Morgan fingerprint density at radius 1 is 1.37 bits per heavy atom. The Balaban J connectivity index is 2.02. The van der Waals surface area contributed by atoms with Crippen molar-refractivity contribution in [2.75, 3.05) is 13.2 Å². The van der Waals surface area contributed by atoms with Crippen molar-refractivity contribution in [2.24, 2.45) is 5.92 Å². The molecule has 0 saturated heterocycles. The molecule has 0 aromatic carbocycles. The molecule has 0 radical (unpaired) electrons. The Bertz CT molecular complexity index is 400. The van der Waals surface area contributed by atoms with E-state index in [0.29, 0.717) is 5.92 Å². The lowest BCUT2D eigenvalue weighted by Crippen LogP contribution is -2.14. The smallest absolute Gasteiger partial charge is 0.213 e. The van der Waals surface area contributed by atoms with Crippen LogP contribution >= 0.6 is 0 Å². The number of ether oxygens (including phenoxy) is 1. The number of nitrogens with one attached hydrogen (secondary N) is 1. The first-order chi connectivity index (χ1) is 9.19. The zero-order valence-electron chi connectivity index (χ0n) is 12.4. The topological polar surface area (TPSA) is 34.1 Å². The summed E-state index contributed by atoms with van der Waals surface area (Å²) in [5, 5.41) is 3.44. The minimum absolute atomic E-state index is 0.439. The molecule has 0 unspecified atom stereocenters. The molecule has 1 aromatic heterocycles. The maximum absolute atomic E-state index is 5.83. The van der Waals surface area contributed by atoms with Crippen molar-refractivity contribution in [3.63, 3.8) is 0 Å². The van der Waals surface area contributed by atoms with E-state index in [1.807, 2.05) is 0 Å². The van der Waals surface area contributed by atoms with Gasteiger partial charge in [-0.05, 0) is 49.3 Å². The van der Waals surface area contributed by atoms with Gasteiger partial charge < -0.3 is 10.1 Å². The van der Waals surface area contributed by atoms with Gasteiger partial charge in [0.05, 0.1) is 6.61 Å². The third-order valence-electron chi connectivity index (χ3n) is 3.39. The lowest BCUT2D eigenvalue weighted by atomic mass is 10.1. The van der Waals surface area contributed by atoms with E-state index in [0.717, 1.165) is 43.6 Å². The van der Waals surface area contributed by atoms with E-state index >= 15 is 0 Å². The molecule has 3 nitrogen and oxygen atoms in total. The van der Waals surface area contributed by atoms with Crippen LogP contribution in [0.5, 0.6) is 5.88 Å². The average Bonchev–Trinajstić information content (AvgIpc) is 3.20. The molecule has 3 heteroatoms. The van der Waals surface area contributed by atoms with Crippen LogP contribution < -0.4 is 10.1 Å². The van der Waals surface area contributed by atoms with Crippen LogP contribution in [0.4, 0.5) is 0 Å². The van der Waals surface area contributed by atoms with Gasteiger partial charge >= 0.3 is 0 Å². The lowest BCUT2D eigenvalue weighted by molar-refractivity contribution is 0.287. The minimum Gasteiger partial charge on any atom is -0.477 e. The maximum atomic E-state index is 5.83. The van der Waals surface area contributed by atoms with Gasteiger partial charge in [0.1, 0.15) is 0 Å². The minimum atomic E-state index is 0.439. The van der Waals surface area contributed by atoms with Crippen LogP contribution in [0.2, 0.25) is 0 Å². The summed E-state index contributed by atoms with van der Waals surface area (Å²) < 4.78 is 5.83. The van der Waals surface area contributed by atoms with Gasteiger partial charge in [0.2, 0.25) is 5.88 Å². The normalized spacial score (nSPS) is 14.9. The van der Waals surface area contributed by atoms with E-state index in [1.54, 1.807) is 0 Å². The molecular weight excluding hydrogens is 236 g/mol. The fourth-order valence-electron chi connectivity index (χ4n) is 1.95. The van der Waals surface area contributed by atoms with Gasteiger partial charge in [-0.15, -0.1) is 0 Å². The van der Waals surface area contributed by atoms with Crippen LogP contribution in [-0.2, 0) is 6.54 Å². The van der Waals surface area contributed by atoms with Gasteiger partial charge in [-0.1, -0.05) is 20.8 Å². The maximum Gasteiger partial charge on any atom is 0.213 e. The highest BCUT2D eigenvalue weighted by molar-refractivity contribution is 5.26. The molecular formula is C16H26N2O. The Hall–Kier alpha value is -1.09. The summed E-state index contributed by atoms with van der Waals surface area (Å²) >= 11 is 0. The number of nitrogens with zero attached hydrogens (tertiary/aromatic N) is 1. The number of hydrogen-bond donors (Lipinski definition) is 1. The van der Waals surface area contributed by atoms with E-state index in [-0.39, 0.29) is 0 Å². The predicted molar refractivity (Wildman–Crippen MR) is 78.5 cm³/mol. The second-order valence-corrected chi connectivity index (χ2v) is 5.82. The van der Waals surface area contributed by atoms with Crippen LogP contribution in [0.15, 0.2) is 12.1 Å². The molecule has 0 spiro atoms. The van der Waals surface area contributed by atoms with Crippen molar-refractivity contribution in [3.05, 3.63) is 23.4 Å². The molecule has 1 aliphatic carbocycles. The van der Waals surface area contributed by atoms with Crippen LogP contribution in [0, 0.1) is 5.92 Å². The van der Waals surface area contributed by atoms with Crippen LogP contribution in [-0.4, -0.2) is 18.1 Å². The molecule has 0 amide bonds. The fraction of sp³-hybridized carbons (Fsp3) is 0.688. The summed E-state index contributed by atoms with van der Waals surface area (Å²) in [4.78, 5) is 4.61. The molecule has 1 saturated carbocycles. The zero-order chi connectivity index (χ0) is 13.7. The van der Waals surface area contributed by atoms with E-state index in [2.05, 4.69) is 43.2 Å². The largest absolute Gasteiger partial charge is 0.477 e. The molecule has 19 heavy (non-hydrogen) atoms. The zero-order valence-corrected chi connectivity index (χ0v) is 12.4. The first kappa shape index (κ1) is 14.3. The van der Waals surface area contributed by atoms with Crippen molar-refractivity contribution < 1.29 is 4.74 Å². The monoisotopic (exact) mass is 262 g/mol. The molecule has 0 bridgehead atoms. The number of rotatable bonds is 8. The molecule has 2 rings (SSSR count). The Morgan fingerprint density at radius 2 is 2.16 bits per heavy atom. The van der Waals surface area contributed by atoms with Gasteiger partial charge in [-0.25, -0.2) is 4.98 Å². The summed E-state index contributed by atoms with van der Waals surface area (Å²) in [5.74, 6) is 2.01. The van der Waals surface area contributed by atoms with Crippen molar-refractivity contribution in [2.45, 2.75) is 52.5 Å². The van der Waals surface area contributed by atoms with Crippen LogP contribution in [0.3, 0.4) is 0 Å². The number of hydrogen-bond acceptors (Lipinski definition) is 3. The molecule has 1 N–H and O–H groups in total. The second kappa shape index (κ2) is 6.90. The van der Waals surface area contributed by atoms with Gasteiger partial charge in [0.25, 0.3) is 0 Å². The Kier molecular flexibility index (Phi) is 5.20. The highest BCUT2D eigenvalue weighted by Crippen LogP contribution is 2.29. The molecule has 0 aliphatic heterocycles. The summed E-state index contributed by atoms with van der Waals surface area (Å²) in [6.07, 6.45) is 3.79. The molecule has 1 heterocycles. The van der Waals surface area contributed by atoms with E-state index in [4.69, 9.17) is 4.74 Å². The van der Waals surface area contributed by atoms with Crippen molar-refractivity contribution in [3.8, 4) is 5.88 Å². The lowest BCUT2D eigenvalue weighted by Gasteiger charge is -2.12. The van der Waals surface area contributed by atoms with Crippen LogP contribution in [0.25, 0.3) is 0 Å². The summed E-state index contributed by atoms with van der Waals surface area (Å²) in [6.45, 7) is 9.32. The van der Waals surface area contributed by atoms with Gasteiger partial charge in [-0.3, -0.25) is 0 Å². The molecule has 1 aromatic rings. The molecule has 0 atom stereocenters. The van der Waals surface area contributed by atoms with Crippen molar-refractivity contribution in [1.29, 1.82) is 0 Å². The first-order valence-electron chi connectivity index (χ1n) is 7.53. The Morgan fingerprint density at radius 3 is 2.79 bits per heavy atom. The summed E-state index contributed by atoms with van der Waals surface area (Å²) in [5.41, 5.74) is 2.40. The highest BCUT2D eigenvalue weighted by atomic mass is 16.5. The average molecular weight is 262 g/mol. The summed E-state index contributed by atoms with van der Waals surface area (Å²) in [7, 11) is 0. The highest BCUT2D eigenvalue weighted by Gasteiger charge is 2.22. The van der Waals surface area contributed by atoms with E-state index < -0.39 is 0 Å². The third-order valence-corrected chi connectivity index (χ3v) is 3.39. The van der Waals surface area contributed by atoms with Crippen molar-refractivity contribution >= 4 is 0 Å². The summed E-state index contributed by atoms with van der Waals surface area (Å²) in [6, 6.07) is 4.27. The first-order valence-corrected chi connectivity index (χ1v) is 7.53. The SMILES string of the molecule is CCCNCc1cc(OCC2CC2)nc(C(C)C)c1. The predicted octanol–water partition coefficient (Wildman–Crippen LogP) is 3.49. The van der Waals surface area contributed by atoms with Gasteiger partial charge in [-0.2, -0.15) is 0 Å². The quantitative estimate of drug-likeness (QED) is 0.728. The second-order valence-electron chi connectivity index (χ2n) is 5.82. The van der Waals surface area contributed by atoms with Crippen molar-refractivity contribution in [1.82, 2.24) is 10.3 Å². The number of aromatic nitrogens is 1. The third kappa shape index (κ3) is 4.83. The van der Waals surface area contributed by atoms with E-state index in [1.165, 1.54) is 18.4 Å².